The summed E-state index contributed by atoms with van der Waals surface area (Å²) >= 11 is 0. The Morgan fingerprint density at radius 3 is 1.84 bits per heavy atom. The van der Waals surface area contributed by atoms with Crippen molar-refractivity contribution >= 4 is 0 Å². The van der Waals surface area contributed by atoms with Gasteiger partial charge in [-0.1, -0.05) is 6.07 Å². The normalized spacial score (nSPS) is 10.4. The van der Waals surface area contributed by atoms with E-state index in [9.17, 15) is 0 Å². The molecule has 0 aliphatic heterocycles. The third kappa shape index (κ3) is 2.36. The SMILES string of the molecule is Cc1nc(-c2ccncc2)ccc1-c1ccncc1. The zero-order chi connectivity index (χ0) is 13.1. The Hall–Kier alpha value is -2.55. The van der Waals surface area contributed by atoms with Gasteiger partial charge >= 0.3 is 0 Å². The van der Waals surface area contributed by atoms with Crippen molar-refractivity contribution in [2.45, 2.75) is 6.92 Å². The zero-order valence-corrected chi connectivity index (χ0v) is 10.6. The lowest BCUT2D eigenvalue weighted by Crippen LogP contribution is -1.91. The van der Waals surface area contributed by atoms with E-state index < -0.39 is 0 Å². The summed E-state index contributed by atoms with van der Waals surface area (Å²) in [5.41, 5.74) is 5.35. The van der Waals surface area contributed by atoms with Crippen LogP contribution >= 0.6 is 0 Å². The highest BCUT2D eigenvalue weighted by molar-refractivity contribution is 5.69. The monoisotopic (exact) mass is 247 g/mol. The predicted molar refractivity (Wildman–Crippen MR) is 75.4 cm³/mol. The molecule has 0 fully saturated rings. The van der Waals surface area contributed by atoms with Crippen LogP contribution in [0.15, 0.2) is 61.2 Å². The van der Waals surface area contributed by atoms with Crippen LogP contribution in [0.25, 0.3) is 22.4 Å². The topological polar surface area (TPSA) is 38.7 Å². The molecule has 0 aliphatic carbocycles. The fraction of sp³-hybridized carbons (Fsp3) is 0.0625. The van der Waals surface area contributed by atoms with Gasteiger partial charge in [0.05, 0.1) is 5.69 Å². The lowest BCUT2D eigenvalue weighted by molar-refractivity contribution is 1.20. The van der Waals surface area contributed by atoms with Crippen LogP contribution < -0.4 is 0 Å². The van der Waals surface area contributed by atoms with Gasteiger partial charge in [-0.15, -0.1) is 0 Å². The summed E-state index contributed by atoms with van der Waals surface area (Å²) < 4.78 is 0. The summed E-state index contributed by atoms with van der Waals surface area (Å²) in [7, 11) is 0. The van der Waals surface area contributed by atoms with Crippen LogP contribution in [-0.4, -0.2) is 15.0 Å². The minimum atomic E-state index is 0.970. The first-order chi connectivity index (χ1) is 9.34. The second-order valence-electron chi connectivity index (χ2n) is 4.30. The Balaban J connectivity index is 2.04. The van der Waals surface area contributed by atoms with Gasteiger partial charge in [0, 0.05) is 41.6 Å². The minimum Gasteiger partial charge on any atom is -0.265 e. The number of nitrogens with zero attached hydrogens (tertiary/aromatic N) is 3. The number of hydrogen-bond acceptors (Lipinski definition) is 3. The Kier molecular flexibility index (Phi) is 3.02. The number of aromatic nitrogens is 3. The van der Waals surface area contributed by atoms with E-state index in [1.807, 2.05) is 37.3 Å². The van der Waals surface area contributed by atoms with E-state index in [0.717, 1.165) is 28.1 Å². The summed E-state index contributed by atoms with van der Waals surface area (Å²) in [6.45, 7) is 2.03. The first-order valence-electron chi connectivity index (χ1n) is 6.13. The predicted octanol–water partition coefficient (Wildman–Crippen LogP) is 3.51. The first kappa shape index (κ1) is 11.5. The van der Waals surface area contributed by atoms with Crippen molar-refractivity contribution < 1.29 is 0 Å². The number of rotatable bonds is 2. The van der Waals surface area contributed by atoms with Crippen molar-refractivity contribution in [3.63, 3.8) is 0 Å². The van der Waals surface area contributed by atoms with Crippen LogP contribution in [-0.2, 0) is 0 Å². The fourth-order valence-corrected chi connectivity index (χ4v) is 2.08. The Bertz CT molecular complexity index is 679. The smallest absolute Gasteiger partial charge is 0.0706 e. The second-order valence-corrected chi connectivity index (χ2v) is 4.30. The van der Waals surface area contributed by atoms with E-state index in [1.165, 1.54) is 0 Å². The van der Waals surface area contributed by atoms with Crippen molar-refractivity contribution in [2.24, 2.45) is 0 Å². The van der Waals surface area contributed by atoms with Gasteiger partial charge in [0.15, 0.2) is 0 Å². The molecule has 0 saturated carbocycles. The molecule has 0 saturated heterocycles. The first-order valence-corrected chi connectivity index (χ1v) is 6.13. The summed E-state index contributed by atoms with van der Waals surface area (Å²) in [6.07, 6.45) is 7.16. The van der Waals surface area contributed by atoms with Crippen LogP contribution in [0.2, 0.25) is 0 Å². The third-order valence-corrected chi connectivity index (χ3v) is 3.05. The molecular formula is C16H13N3. The van der Waals surface area contributed by atoms with E-state index in [1.54, 1.807) is 24.8 Å². The van der Waals surface area contributed by atoms with Gasteiger partial charge in [0.25, 0.3) is 0 Å². The standard InChI is InChI=1S/C16H13N3/c1-12-15(13-4-8-17-9-5-13)2-3-16(19-12)14-6-10-18-11-7-14/h2-11H,1H3. The van der Waals surface area contributed by atoms with Crippen LogP contribution in [0.5, 0.6) is 0 Å². The largest absolute Gasteiger partial charge is 0.265 e. The lowest BCUT2D eigenvalue weighted by Gasteiger charge is -2.07. The molecule has 3 heterocycles. The lowest BCUT2D eigenvalue weighted by atomic mass is 10.0. The molecule has 3 heteroatoms. The maximum Gasteiger partial charge on any atom is 0.0706 e. The van der Waals surface area contributed by atoms with E-state index >= 15 is 0 Å². The summed E-state index contributed by atoms with van der Waals surface area (Å²) in [5.74, 6) is 0. The molecule has 0 bridgehead atoms. The van der Waals surface area contributed by atoms with Crippen LogP contribution in [0.3, 0.4) is 0 Å². The van der Waals surface area contributed by atoms with Crippen molar-refractivity contribution in [3.05, 3.63) is 66.9 Å². The summed E-state index contributed by atoms with van der Waals surface area (Å²) in [5, 5.41) is 0. The van der Waals surface area contributed by atoms with Crippen molar-refractivity contribution in [2.75, 3.05) is 0 Å². The van der Waals surface area contributed by atoms with Gasteiger partial charge in [-0.25, -0.2) is 0 Å². The quantitative estimate of drug-likeness (QED) is 0.695. The van der Waals surface area contributed by atoms with Gasteiger partial charge in [-0.05, 0) is 42.8 Å². The average molecular weight is 247 g/mol. The van der Waals surface area contributed by atoms with Gasteiger partial charge in [-0.3, -0.25) is 15.0 Å². The average Bonchev–Trinajstić information content (AvgIpc) is 2.49. The molecule has 0 N–H and O–H groups in total. The van der Waals surface area contributed by atoms with Gasteiger partial charge < -0.3 is 0 Å². The minimum absolute atomic E-state index is 0.970. The Morgan fingerprint density at radius 1 is 0.684 bits per heavy atom. The van der Waals surface area contributed by atoms with E-state index in [2.05, 4.69) is 21.0 Å². The highest BCUT2D eigenvalue weighted by Crippen LogP contribution is 2.24. The van der Waals surface area contributed by atoms with Gasteiger partial charge in [0.2, 0.25) is 0 Å². The number of pyridine rings is 3. The molecule has 3 aromatic rings. The second kappa shape index (κ2) is 4.98. The highest BCUT2D eigenvalue weighted by atomic mass is 14.7. The summed E-state index contributed by atoms with van der Waals surface area (Å²) in [4.78, 5) is 12.7. The molecule has 0 spiro atoms. The molecule has 0 amide bonds. The van der Waals surface area contributed by atoms with Crippen molar-refractivity contribution in [1.29, 1.82) is 0 Å². The number of aryl methyl sites for hydroxylation is 1. The molecule has 0 aliphatic rings. The molecule has 3 rings (SSSR count). The maximum atomic E-state index is 4.67. The molecule has 0 radical (unpaired) electrons. The van der Waals surface area contributed by atoms with E-state index in [4.69, 9.17) is 0 Å². The molecule has 0 unspecified atom stereocenters. The van der Waals surface area contributed by atoms with Crippen LogP contribution in [0, 0.1) is 6.92 Å². The maximum absolute atomic E-state index is 4.67. The van der Waals surface area contributed by atoms with Crippen LogP contribution in [0.1, 0.15) is 5.69 Å². The Labute approximate surface area is 112 Å². The molecule has 19 heavy (non-hydrogen) atoms. The Morgan fingerprint density at radius 2 is 1.26 bits per heavy atom. The van der Waals surface area contributed by atoms with Gasteiger partial charge in [-0.2, -0.15) is 0 Å². The highest BCUT2D eigenvalue weighted by Gasteiger charge is 2.05. The third-order valence-electron chi connectivity index (χ3n) is 3.05. The molecule has 3 aromatic heterocycles. The number of hydrogen-bond donors (Lipinski definition) is 0. The molecular weight excluding hydrogens is 234 g/mol. The summed E-state index contributed by atoms with van der Waals surface area (Å²) in [6, 6.07) is 12.1. The molecule has 0 atom stereocenters. The van der Waals surface area contributed by atoms with Crippen LogP contribution in [0.4, 0.5) is 0 Å². The molecule has 92 valence electrons. The van der Waals surface area contributed by atoms with Gasteiger partial charge in [0.1, 0.15) is 0 Å². The van der Waals surface area contributed by atoms with E-state index in [0.29, 0.717) is 0 Å². The fourth-order valence-electron chi connectivity index (χ4n) is 2.08. The van der Waals surface area contributed by atoms with Crippen molar-refractivity contribution in [1.82, 2.24) is 15.0 Å². The molecule has 0 aromatic carbocycles. The van der Waals surface area contributed by atoms with E-state index in [-0.39, 0.29) is 0 Å². The zero-order valence-electron chi connectivity index (χ0n) is 10.6. The molecule has 3 nitrogen and oxygen atoms in total. The van der Waals surface area contributed by atoms with Crippen molar-refractivity contribution in [3.8, 4) is 22.4 Å².